The molecule has 0 radical (unpaired) electrons. The van der Waals surface area contributed by atoms with Crippen LogP contribution in [0.15, 0.2) is 47.5 Å². The molecule has 7 nitrogen and oxygen atoms in total. The Labute approximate surface area is 192 Å². The third-order valence-electron chi connectivity index (χ3n) is 5.48. The minimum Gasteiger partial charge on any atom is -0.497 e. The summed E-state index contributed by atoms with van der Waals surface area (Å²) in [7, 11) is 7.54. The van der Waals surface area contributed by atoms with E-state index in [1.54, 1.807) is 14.2 Å². The van der Waals surface area contributed by atoms with Crippen molar-refractivity contribution >= 4 is 11.6 Å². The lowest BCUT2D eigenvalue weighted by atomic mass is 10.1. The van der Waals surface area contributed by atoms with Crippen LogP contribution in [0.1, 0.15) is 24.5 Å². The highest BCUT2D eigenvalue weighted by Crippen LogP contribution is 2.30. The van der Waals surface area contributed by atoms with Gasteiger partial charge in [0.2, 0.25) is 0 Å². The molecule has 1 atom stereocenters. The van der Waals surface area contributed by atoms with Gasteiger partial charge in [0, 0.05) is 56.1 Å². The lowest BCUT2D eigenvalue weighted by Crippen LogP contribution is -2.44. The second-order valence-electron chi connectivity index (χ2n) is 8.40. The Morgan fingerprint density at radius 3 is 2.47 bits per heavy atom. The molecule has 0 saturated carbocycles. The summed E-state index contributed by atoms with van der Waals surface area (Å²) in [4.78, 5) is 9.38. The monoisotopic (exact) mass is 439 g/mol. The van der Waals surface area contributed by atoms with Gasteiger partial charge in [-0.05, 0) is 38.6 Å². The number of hydrogen-bond donors (Lipinski definition) is 2. The first-order chi connectivity index (χ1) is 15.5. The number of aliphatic imine (C=N–C) groups is 1. The summed E-state index contributed by atoms with van der Waals surface area (Å²) in [6, 6.07) is 15.0. The van der Waals surface area contributed by atoms with Crippen LogP contribution in [0.3, 0.4) is 0 Å². The Balaban J connectivity index is 1.63. The van der Waals surface area contributed by atoms with Crippen LogP contribution in [-0.2, 0) is 13.1 Å². The Morgan fingerprint density at radius 1 is 1.09 bits per heavy atom. The number of anilines is 1. The lowest BCUT2D eigenvalue weighted by Gasteiger charge is -2.21. The maximum absolute atomic E-state index is 5.43. The molecular formula is C25H37N5O2. The van der Waals surface area contributed by atoms with Crippen LogP contribution in [0.2, 0.25) is 0 Å². The van der Waals surface area contributed by atoms with E-state index < -0.39 is 0 Å². The van der Waals surface area contributed by atoms with E-state index in [-0.39, 0.29) is 0 Å². The summed E-state index contributed by atoms with van der Waals surface area (Å²) in [5, 5.41) is 7.01. The minimum atomic E-state index is 0.324. The van der Waals surface area contributed by atoms with Gasteiger partial charge in [-0.15, -0.1) is 0 Å². The third-order valence-corrected chi connectivity index (χ3v) is 5.48. The zero-order chi connectivity index (χ0) is 22.9. The summed E-state index contributed by atoms with van der Waals surface area (Å²) in [5.41, 5.74) is 3.64. The Kier molecular flexibility index (Phi) is 8.62. The van der Waals surface area contributed by atoms with Crippen LogP contribution < -0.4 is 25.0 Å². The van der Waals surface area contributed by atoms with E-state index in [4.69, 9.17) is 14.5 Å². The van der Waals surface area contributed by atoms with Crippen LogP contribution in [0.4, 0.5) is 5.69 Å². The number of guanidine groups is 1. The molecule has 0 bridgehead atoms. The van der Waals surface area contributed by atoms with E-state index in [0.717, 1.165) is 55.7 Å². The van der Waals surface area contributed by atoms with Gasteiger partial charge in [0.25, 0.3) is 0 Å². The van der Waals surface area contributed by atoms with Crippen molar-refractivity contribution < 1.29 is 9.47 Å². The van der Waals surface area contributed by atoms with Crippen LogP contribution in [0.25, 0.3) is 0 Å². The molecule has 2 aromatic rings. The molecule has 1 fully saturated rings. The molecular weight excluding hydrogens is 402 g/mol. The van der Waals surface area contributed by atoms with Gasteiger partial charge in [-0.2, -0.15) is 0 Å². The first-order valence-corrected chi connectivity index (χ1v) is 11.3. The van der Waals surface area contributed by atoms with Crippen molar-refractivity contribution in [1.29, 1.82) is 0 Å². The van der Waals surface area contributed by atoms with Gasteiger partial charge in [0.05, 0.1) is 20.8 Å². The van der Waals surface area contributed by atoms with Crippen molar-refractivity contribution in [3.05, 3.63) is 53.6 Å². The number of nitrogens with one attached hydrogen (secondary N) is 2. The summed E-state index contributed by atoms with van der Waals surface area (Å²) in [6.45, 7) is 6.39. The largest absolute Gasteiger partial charge is 0.497 e. The van der Waals surface area contributed by atoms with E-state index in [0.29, 0.717) is 12.6 Å². The smallest absolute Gasteiger partial charge is 0.191 e. The van der Waals surface area contributed by atoms with Gasteiger partial charge in [0.15, 0.2) is 5.96 Å². The Hall–Kier alpha value is -2.93. The van der Waals surface area contributed by atoms with Gasteiger partial charge < -0.3 is 29.9 Å². The molecule has 1 aliphatic rings. The second kappa shape index (κ2) is 11.6. The number of nitrogens with zero attached hydrogens (tertiary/aromatic N) is 3. The van der Waals surface area contributed by atoms with E-state index in [1.807, 2.05) is 6.07 Å². The molecule has 0 aliphatic carbocycles. The molecule has 7 heteroatoms. The molecule has 2 aromatic carbocycles. The predicted molar refractivity (Wildman–Crippen MR) is 132 cm³/mol. The zero-order valence-corrected chi connectivity index (χ0v) is 20.0. The molecule has 1 aliphatic heterocycles. The molecule has 0 spiro atoms. The van der Waals surface area contributed by atoms with Crippen LogP contribution >= 0.6 is 0 Å². The minimum absolute atomic E-state index is 0.324. The van der Waals surface area contributed by atoms with E-state index in [2.05, 4.69) is 77.9 Å². The van der Waals surface area contributed by atoms with Crippen molar-refractivity contribution in [3.63, 3.8) is 0 Å². The molecule has 1 unspecified atom stereocenters. The fourth-order valence-corrected chi connectivity index (χ4v) is 3.96. The van der Waals surface area contributed by atoms with Gasteiger partial charge >= 0.3 is 0 Å². The standard InChI is InChI=1S/C25H37N5O2/c1-6-26-25(27-16-19-8-7-9-20(12-19)17-29(2)3)28-21-10-11-30(18-21)22-13-23(31-4)15-24(14-22)32-5/h7-9,12-15,21H,6,10-11,16-18H2,1-5H3,(H2,26,27,28). The van der Waals surface area contributed by atoms with Gasteiger partial charge in [-0.1, -0.05) is 24.3 Å². The highest BCUT2D eigenvalue weighted by atomic mass is 16.5. The molecule has 1 saturated heterocycles. The molecule has 1 heterocycles. The van der Waals surface area contributed by atoms with Gasteiger partial charge in [0.1, 0.15) is 11.5 Å². The van der Waals surface area contributed by atoms with Gasteiger partial charge in [-0.3, -0.25) is 0 Å². The maximum Gasteiger partial charge on any atom is 0.191 e. The summed E-state index contributed by atoms with van der Waals surface area (Å²) in [6.07, 6.45) is 1.04. The maximum atomic E-state index is 5.43. The zero-order valence-electron chi connectivity index (χ0n) is 20.0. The van der Waals surface area contributed by atoms with Crippen LogP contribution in [0.5, 0.6) is 11.5 Å². The van der Waals surface area contributed by atoms with Gasteiger partial charge in [-0.25, -0.2) is 4.99 Å². The third kappa shape index (κ3) is 6.79. The second-order valence-corrected chi connectivity index (χ2v) is 8.40. The number of rotatable bonds is 9. The van der Waals surface area contributed by atoms with Crippen molar-refractivity contribution in [1.82, 2.24) is 15.5 Å². The topological polar surface area (TPSA) is 61.4 Å². The Morgan fingerprint density at radius 2 is 1.81 bits per heavy atom. The summed E-state index contributed by atoms with van der Waals surface area (Å²) in [5.74, 6) is 2.48. The molecule has 0 amide bonds. The van der Waals surface area contributed by atoms with Crippen molar-refractivity contribution in [2.75, 3.05) is 52.8 Å². The highest BCUT2D eigenvalue weighted by Gasteiger charge is 2.24. The number of hydrogen-bond acceptors (Lipinski definition) is 5. The van der Waals surface area contributed by atoms with Crippen molar-refractivity contribution in [2.24, 2.45) is 4.99 Å². The molecule has 3 rings (SSSR count). The van der Waals surface area contributed by atoms with E-state index >= 15 is 0 Å². The lowest BCUT2D eigenvalue weighted by molar-refractivity contribution is 0.394. The number of methoxy groups -OCH3 is 2. The molecule has 0 aromatic heterocycles. The number of ether oxygens (including phenoxy) is 2. The molecule has 2 N–H and O–H groups in total. The Bertz CT molecular complexity index is 877. The van der Waals surface area contributed by atoms with E-state index in [1.165, 1.54) is 11.1 Å². The SMILES string of the molecule is CCNC(=NCc1cccc(CN(C)C)c1)NC1CCN(c2cc(OC)cc(OC)c2)C1. The van der Waals surface area contributed by atoms with E-state index in [9.17, 15) is 0 Å². The average molecular weight is 440 g/mol. The predicted octanol–water partition coefficient (Wildman–Crippen LogP) is 3.10. The molecule has 32 heavy (non-hydrogen) atoms. The quantitative estimate of drug-likeness (QED) is 0.463. The fraction of sp³-hybridized carbons (Fsp3) is 0.480. The van der Waals surface area contributed by atoms with Crippen LogP contribution in [0, 0.1) is 0 Å². The fourth-order valence-electron chi connectivity index (χ4n) is 3.96. The summed E-state index contributed by atoms with van der Waals surface area (Å²) >= 11 is 0. The number of benzene rings is 2. The first-order valence-electron chi connectivity index (χ1n) is 11.3. The average Bonchev–Trinajstić information content (AvgIpc) is 3.25. The van der Waals surface area contributed by atoms with Crippen molar-refractivity contribution in [3.8, 4) is 11.5 Å². The molecule has 174 valence electrons. The normalized spacial score (nSPS) is 16.4. The highest BCUT2D eigenvalue weighted by molar-refractivity contribution is 5.80. The van der Waals surface area contributed by atoms with Crippen molar-refractivity contribution in [2.45, 2.75) is 32.5 Å². The first kappa shape index (κ1) is 23.7. The van der Waals surface area contributed by atoms with Crippen LogP contribution in [-0.4, -0.2) is 64.9 Å². The summed E-state index contributed by atoms with van der Waals surface area (Å²) < 4.78 is 10.9.